The van der Waals surface area contributed by atoms with Crippen LogP contribution in [0.1, 0.15) is 11.4 Å². The summed E-state index contributed by atoms with van der Waals surface area (Å²) in [6.07, 6.45) is 5.41. The van der Waals surface area contributed by atoms with Gasteiger partial charge < -0.3 is 0 Å². The van der Waals surface area contributed by atoms with Crippen LogP contribution < -0.4 is 0 Å². The lowest BCUT2D eigenvalue weighted by Crippen LogP contribution is -1.93. The number of pyridine rings is 1. The van der Waals surface area contributed by atoms with Crippen LogP contribution in [0.15, 0.2) is 54.9 Å². The largest absolute Gasteiger partial charge is 0.265 e. The standard InChI is InChI=1S/C15H14N4/c1-2-4-13(5-3-1)15-17-14(18-19-15)7-6-12-8-10-16-11-9-12/h1-5,8-11H,6-7H2,(H,17,18,19). The molecule has 3 aromatic rings. The van der Waals surface area contributed by atoms with Crippen LogP contribution in [0.3, 0.4) is 0 Å². The van der Waals surface area contributed by atoms with Gasteiger partial charge in [0.05, 0.1) is 0 Å². The smallest absolute Gasteiger partial charge is 0.181 e. The zero-order valence-corrected chi connectivity index (χ0v) is 10.5. The molecule has 4 nitrogen and oxygen atoms in total. The fourth-order valence-electron chi connectivity index (χ4n) is 1.94. The molecule has 1 aromatic carbocycles. The minimum absolute atomic E-state index is 0.755. The van der Waals surface area contributed by atoms with E-state index in [9.17, 15) is 0 Å². The zero-order chi connectivity index (χ0) is 12.9. The lowest BCUT2D eigenvalue weighted by atomic mass is 10.1. The van der Waals surface area contributed by atoms with Crippen molar-refractivity contribution in [2.24, 2.45) is 0 Å². The van der Waals surface area contributed by atoms with Crippen LogP contribution in [-0.2, 0) is 12.8 Å². The van der Waals surface area contributed by atoms with Crippen molar-refractivity contribution < 1.29 is 0 Å². The number of nitrogens with zero attached hydrogens (tertiary/aromatic N) is 3. The van der Waals surface area contributed by atoms with Crippen LogP contribution in [0.25, 0.3) is 11.4 Å². The van der Waals surface area contributed by atoms with Crippen molar-refractivity contribution in [2.75, 3.05) is 0 Å². The molecule has 0 saturated carbocycles. The Hall–Kier alpha value is -2.49. The van der Waals surface area contributed by atoms with Crippen molar-refractivity contribution in [1.29, 1.82) is 0 Å². The molecule has 19 heavy (non-hydrogen) atoms. The highest BCUT2D eigenvalue weighted by Crippen LogP contribution is 2.13. The Balaban J connectivity index is 1.69. The molecule has 0 aliphatic heterocycles. The first-order valence-corrected chi connectivity index (χ1v) is 6.27. The summed E-state index contributed by atoms with van der Waals surface area (Å²) in [5, 5.41) is 7.25. The number of nitrogens with one attached hydrogen (secondary N) is 1. The molecular formula is C15H14N4. The summed E-state index contributed by atoms with van der Waals surface area (Å²) in [6.45, 7) is 0. The Morgan fingerprint density at radius 1 is 0.895 bits per heavy atom. The van der Waals surface area contributed by atoms with Crippen molar-refractivity contribution in [1.82, 2.24) is 20.2 Å². The molecule has 0 unspecified atom stereocenters. The minimum Gasteiger partial charge on any atom is -0.265 e. The highest BCUT2D eigenvalue weighted by molar-refractivity contribution is 5.53. The lowest BCUT2D eigenvalue weighted by molar-refractivity contribution is 0.863. The van der Waals surface area contributed by atoms with Gasteiger partial charge in [-0.05, 0) is 24.1 Å². The number of rotatable bonds is 4. The number of aromatic nitrogens is 4. The van der Waals surface area contributed by atoms with Gasteiger partial charge in [-0.25, -0.2) is 4.98 Å². The molecule has 0 radical (unpaired) electrons. The average Bonchev–Trinajstić information content (AvgIpc) is 2.96. The number of H-pyrrole nitrogens is 1. The van der Waals surface area contributed by atoms with E-state index in [1.807, 2.05) is 54.9 Å². The SMILES string of the molecule is c1ccc(-c2n[nH]c(CCc3ccncc3)n2)cc1. The molecule has 0 amide bonds. The molecule has 3 rings (SSSR count). The van der Waals surface area contributed by atoms with Crippen LogP contribution >= 0.6 is 0 Å². The van der Waals surface area contributed by atoms with Gasteiger partial charge in [0.2, 0.25) is 0 Å². The molecule has 0 spiro atoms. The first-order valence-electron chi connectivity index (χ1n) is 6.27. The first-order chi connectivity index (χ1) is 9.42. The second-order valence-corrected chi connectivity index (χ2v) is 4.33. The summed E-state index contributed by atoms with van der Waals surface area (Å²) >= 11 is 0. The topological polar surface area (TPSA) is 54.5 Å². The van der Waals surface area contributed by atoms with E-state index in [2.05, 4.69) is 20.2 Å². The summed E-state index contributed by atoms with van der Waals surface area (Å²) in [7, 11) is 0. The molecule has 0 fully saturated rings. The van der Waals surface area contributed by atoms with Gasteiger partial charge in [-0.1, -0.05) is 30.3 Å². The maximum absolute atomic E-state index is 4.51. The molecule has 2 heterocycles. The highest BCUT2D eigenvalue weighted by atomic mass is 15.2. The van der Waals surface area contributed by atoms with E-state index in [0.717, 1.165) is 30.1 Å². The number of aryl methyl sites for hydroxylation is 2. The van der Waals surface area contributed by atoms with Crippen molar-refractivity contribution in [3.63, 3.8) is 0 Å². The first kappa shape index (κ1) is 11.6. The third-order valence-electron chi connectivity index (χ3n) is 2.96. The summed E-state index contributed by atoms with van der Waals surface area (Å²) < 4.78 is 0. The summed E-state index contributed by atoms with van der Waals surface area (Å²) in [5.41, 5.74) is 2.29. The van der Waals surface area contributed by atoms with E-state index in [4.69, 9.17) is 0 Å². The van der Waals surface area contributed by atoms with Gasteiger partial charge in [-0.15, -0.1) is 0 Å². The Kier molecular flexibility index (Phi) is 3.32. The van der Waals surface area contributed by atoms with E-state index >= 15 is 0 Å². The van der Waals surface area contributed by atoms with Crippen LogP contribution in [0.5, 0.6) is 0 Å². The third kappa shape index (κ3) is 2.85. The van der Waals surface area contributed by atoms with E-state index < -0.39 is 0 Å². The van der Waals surface area contributed by atoms with Crippen LogP contribution in [0, 0.1) is 0 Å². The molecule has 0 aliphatic carbocycles. The molecule has 0 bridgehead atoms. The van der Waals surface area contributed by atoms with Crippen LogP contribution in [-0.4, -0.2) is 20.2 Å². The van der Waals surface area contributed by atoms with Crippen molar-refractivity contribution >= 4 is 0 Å². The Morgan fingerprint density at radius 2 is 1.68 bits per heavy atom. The zero-order valence-electron chi connectivity index (χ0n) is 10.5. The molecule has 0 aliphatic rings. The average molecular weight is 250 g/mol. The normalized spacial score (nSPS) is 10.5. The highest BCUT2D eigenvalue weighted by Gasteiger charge is 2.05. The van der Waals surface area contributed by atoms with Crippen molar-refractivity contribution in [3.8, 4) is 11.4 Å². The fraction of sp³-hybridized carbons (Fsp3) is 0.133. The maximum Gasteiger partial charge on any atom is 0.181 e. The molecule has 0 saturated heterocycles. The molecule has 1 N–H and O–H groups in total. The summed E-state index contributed by atoms with van der Waals surface area (Å²) in [6, 6.07) is 14.0. The molecule has 4 heteroatoms. The maximum atomic E-state index is 4.51. The monoisotopic (exact) mass is 250 g/mol. The van der Waals surface area contributed by atoms with Crippen LogP contribution in [0.2, 0.25) is 0 Å². The second-order valence-electron chi connectivity index (χ2n) is 4.33. The number of hydrogen-bond donors (Lipinski definition) is 1. The second kappa shape index (κ2) is 5.44. The number of aromatic amines is 1. The Bertz CT molecular complexity index is 632. The molecular weight excluding hydrogens is 236 g/mol. The quantitative estimate of drug-likeness (QED) is 0.774. The Morgan fingerprint density at radius 3 is 2.47 bits per heavy atom. The van der Waals surface area contributed by atoms with Gasteiger partial charge in [0.1, 0.15) is 5.82 Å². The van der Waals surface area contributed by atoms with Gasteiger partial charge in [0.25, 0.3) is 0 Å². The predicted octanol–water partition coefficient (Wildman–Crippen LogP) is 2.65. The van der Waals surface area contributed by atoms with Crippen molar-refractivity contribution in [3.05, 3.63) is 66.2 Å². The molecule has 94 valence electrons. The van der Waals surface area contributed by atoms with Gasteiger partial charge in [-0.3, -0.25) is 10.1 Å². The number of benzene rings is 1. The van der Waals surface area contributed by atoms with E-state index in [1.165, 1.54) is 5.56 Å². The van der Waals surface area contributed by atoms with E-state index in [0.29, 0.717) is 0 Å². The lowest BCUT2D eigenvalue weighted by Gasteiger charge is -1.97. The fourth-order valence-corrected chi connectivity index (χ4v) is 1.94. The third-order valence-corrected chi connectivity index (χ3v) is 2.96. The van der Waals surface area contributed by atoms with Gasteiger partial charge >= 0.3 is 0 Å². The number of hydrogen-bond acceptors (Lipinski definition) is 3. The Labute approximate surface area is 111 Å². The predicted molar refractivity (Wildman–Crippen MR) is 73.5 cm³/mol. The van der Waals surface area contributed by atoms with Gasteiger partial charge in [0.15, 0.2) is 5.82 Å². The van der Waals surface area contributed by atoms with E-state index in [1.54, 1.807) is 0 Å². The van der Waals surface area contributed by atoms with Gasteiger partial charge in [0, 0.05) is 24.4 Å². The minimum atomic E-state index is 0.755. The molecule has 2 aromatic heterocycles. The molecule has 0 atom stereocenters. The van der Waals surface area contributed by atoms with E-state index in [-0.39, 0.29) is 0 Å². The van der Waals surface area contributed by atoms with Gasteiger partial charge in [-0.2, -0.15) is 5.10 Å². The summed E-state index contributed by atoms with van der Waals surface area (Å²) in [5.74, 6) is 1.67. The summed E-state index contributed by atoms with van der Waals surface area (Å²) in [4.78, 5) is 8.52. The van der Waals surface area contributed by atoms with Crippen LogP contribution in [0.4, 0.5) is 0 Å². The van der Waals surface area contributed by atoms with Crippen molar-refractivity contribution in [2.45, 2.75) is 12.8 Å².